The molecular formula is C45H51BN2O6Si. The van der Waals surface area contributed by atoms with Crippen molar-refractivity contribution >= 4 is 37.6 Å². The van der Waals surface area contributed by atoms with Crippen LogP contribution in [-0.2, 0) is 25.2 Å². The van der Waals surface area contributed by atoms with E-state index in [2.05, 4.69) is 98.5 Å². The number of rotatable bonds is 9. The van der Waals surface area contributed by atoms with Crippen molar-refractivity contribution in [1.29, 1.82) is 0 Å². The number of phenolic OH excluding ortho intramolecular Hbond substituents is 1. The molecule has 10 heteroatoms. The van der Waals surface area contributed by atoms with E-state index in [4.69, 9.17) is 9.08 Å². The highest BCUT2D eigenvalue weighted by atomic mass is 28.4. The number of para-hydroxylation sites is 1. The third-order valence-electron chi connectivity index (χ3n) is 12.6. The lowest BCUT2D eigenvalue weighted by atomic mass is 9.55. The molecule has 4 atom stereocenters. The van der Waals surface area contributed by atoms with Crippen LogP contribution in [0.1, 0.15) is 63.7 Å². The Morgan fingerprint density at radius 2 is 1.38 bits per heavy atom. The van der Waals surface area contributed by atoms with E-state index in [1.165, 1.54) is 5.56 Å². The van der Waals surface area contributed by atoms with Gasteiger partial charge in [0.2, 0.25) is 11.8 Å². The average molecular weight is 755 g/mol. The van der Waals surface area contributed by atoms with Crippen LogP contribution in [0.25, 0.3) is 0 Å². The lowest BCUT2D eigenvalue weighted by Gasteiger charge is -2.45. The molecule has 1 aliphatic carbocycles. The van der Waals surface area contributed by atoms with E-state index in [9.17, 15) is 19.7 Å². The topological polar surface area (TPSA) is 99.5 Å². The highest BCUT2D eigenvalue weighted by Gasteiger charge is 2.60. The molecule has 0 spiro atoms. The van der Waals surface area contributed by atoms with Crippen molar-refractivity contribution in [3.63, 3.8) is 0 Å². The molecule has 3 heterocycles. The smallest absolute Gasteiger partial charge is 0.487 e. The summed E-state index contributed by atoms with van der Waals surface area (Å²) in [4.78, 5) is 33.3. The number of likely N-dealkylation sites (tertiary alicyclic amines) is 2. The Morgan fingerprint density at radius 3 is 1.98 bits per heavy atom. The van der Waals surface area contributed by atoms with Gasteiger partial charge in [-0.05, 0) is 69.7 Å². The number of hydrogen-bond acceptors (Lipinski definition) is 7. The molecule has 3 aliphatic heterocycles. The number of allylic oxidation sites excluding steroid dienone is 1. The predicted molar refractivity (Wildman–Crippen MR) is 217 cm³/mol. The zero-order chi connectivity index (χ0) is 38.3. The fourth-order valence-electron chi connectivity index (χ4n) is 10.0. The Hall–Kier alpha value is -4.32. The third-order valence-corrected chi connectivity index (χ3v) is 17.6. The first-order chi connectivity index (χ1) is 26.6. The minimum atomic E-state index is -2.98. The number of carbonyl (C=O) groups excluding carboxylic acids is 2. The van der Waals surface area contributed by atoms with Gasteiger partial charge in [-0.1, -0.05) is 130 Å². The number of benzene rings is 4. The van der Waals surface area contributed by atoms with Crippen LogP contribution in [0, 0.1) is 17.8 Å². The maximum atomic E-state index is 14.7. The summed E-state index contributed by atoms with van der Waals surface area (Å²) in [6.07, 6.45) is 1.48. The van der Waals surface area contributed by atoms with Gasteiger partial charge < -0.3 is 19.2 Å². The molecule has 4 aromatic rings. The Bertz CT molecular complexity index is 1990. The summed E-state index contributed by atoms with van der Waals surface area (Å²) in [5.41, 5.74) is 3.31. The fourth-order valence-corrected chi connectivity index (χ4v) is 14.6. The normalized spacial score (nSPS) is 23.9. The molecule has 0 unspecified atom stereocenters. The van der Waals surface area contributed by atoms with Gasteiger partial charge in [0.25, 0.3) is 8.32 Å². The molecule has 0 radical (unpaired) electrons. The van der Waals surface area contributed by atoms with Crippen LogP contribution in [-0.4, -0.2) is 72.9 Å². The number of nitrogens with zero attached hydrogens (tertiary/aromatic N) is 2. The van der Waals surface area contributed by atoms with Gasteiger partial charge in [-0.15, -0.1) is 0 Å². The second kappa shape index (κ2) is 15.3. The Morgan fingerprint density at radius 1 is 0.800 bits per heavy atom. The molecule has 4 aliphatic rings. The van der Waals surface area contributed by atoms with Crippen LogP contribution >= 0.6 is 0 Å². The molecular weight excluding hydrogens is 703 g/mol. The first-order valence-corrected chi connectivity index (χ1v) is 21.7. The Balaban J connectivity index is 1.13. The summed E-state index contributed by atoms with van der Waals surface area (Å²) >= 11 is 0. The van der Waals surface area contributed by atoms with E-state index in [-0.39, 0.29) is 35.3 Å². The number of imide groups is 1. The van der Waals surface area contributed by atoms with Crippen molar-refractivity contribution in [2.24, 2.45) is 17.8 Å². The lowest BCUT2D eigenvalue weighted by Crippen LogP contribution is -2.66. The van der Waals surface area contributed by atoms with E-state index in [0.717, 1.165) is 48.4 Å². The Labute approximate surface area is 326 Å². The van der Waals surface area contributed by atoms with E-state index in [0.29, 0.717) is 23.9 Å². The van der Waals surface area contributed by atoms with Gasteiger partial charge in [0, 0.05) is 31.2 Å². The van der Waals surface area contributed by atoms with Crippen LogP contribution in [0.3, 0.4) is 0 Å². The van der Waals surface area contributed by atoms with Crippen molar-refractivity contribution in [3.8, 4) is 5.75 Å². The van der Waals surface area contributed by atoms with Gasteiger partial charge in [0.05, 0.1) is 24.5 Å². The maximum absolute atomic E-state index is 14.7. The summed E-state index contributed by atoms with van der Waals surface area (Å²) in [6.45, 7) is 9.34. The number of fused-ring (bicyclic) bond motifs is 3. The number of piperidine rings is 1. The van der Waals surface area contributed by atoms with Crippen LogP contribution in [0.5, 0.6) is 5.75 Å². The van der Waals surface area contributed by atoms with Crippen LogP contribution in [0.2, 0.25) is 5.04 Å². The highest BCUT2D eigenvalue weighted by molar-refractivity contribution is 6.99. The van der Waals surface area contributed by atoms with Gasteiger partial charge in [0.1, 0.15) is 5.75 Å². The minimum Gasteiger partial charge on any atom is -0.508 e. The molecule has 2 amide bonds. The average Bonchev–Trinajstić information content (AvgIpc) is 3.44. The van der Waals surface area contributed by atoms with Gasteiger partial charge >= 0.3 is 7.12 Å². The summed E-state index contributed by atoms with van der Waals surface area (Å²) in [5.74, 6) is -1.81. The molecule has 3 fully saturated rings. The van der Waals surface area contributed by atoms with E-state index in [1.54, 1.807) is 23.1 Å². The zero-order valence-corrected chi connectivity index (χ0v) is 33.0. The fraction of sp³-hybridized carbons (Fsp3) is 0.378. The number of amides is 2. The van der Waals surface area contributed by atoms with Crippen molar-refractivity contribution in [3.05, 3.63) is 137 Å². The standard InChI is InChI=1S/C45H51BN2O6Si/c1-45(2,3)55(34-17-9-5-10-18-34,35-19-11-6-12-20-35)53-30-32-27-38-41(37-28-40(54-46(52)42(32)37)36-21-13-14-22-39(36)49)44(51)48(43(38)50)33-23-25-47(26-24-33)29-31-15-7-4-8-16-31/h4-22,33,37-38,40-41,49,52H,23-30H2,1-3H3/t37-,38-,40-,41+/m0/s1. The summed E-state index contributed by atoms with van der Waals surface area (Å²) in [6, 6.07) is 38.1. The van der Waals surface area contributed by atoms with Crippen molar-refractivity contribution in [2.75, 3.05) is 19.7 Å². The molecule has 0 aromatic heterocycles. The summed E-state index contributed by atoms with van der Waals surface area (Å²) in [7, 11) is -4.30. The predicted octanol–water partition coefficient (Wildman–Crippen LogP) is 6.03. The van der Waals surface area contributed by atoms with Crippen molar-refractivity contribution in [2.45, 2.75) is 70.2 Å². The lowest BCUT2D eigenvalue weighted by molar-refractivity contribution is -0.144. The number of phenols is 1. The second-order valence-corrected chi connectivity index (χ2v) is 21.1. The third kappa shape index (κ3) is 6.93. The first-order valence-electron chi connectivity index (χ1n) is 19.8. The molecule has 8 rings (SSSR count). The largest absolute Gasteiger partial charge is 0.508 e. The molecule has 2 N–H and O–H groups in total. The monoisotopic (exact) mass is 754 g/mol. The van der Waals surface area contributed by atoms with E-state index >= 15 is 0 Å². The molecule has 4 aromatic carbocycles. The highest BCUT2D eigenvalue weighted by Crippen LogP contribution is 2.53. The van der Waals surface area contributed by atoms with E-state index < -0.39 is 39.3 Å². The molecule has 55 heavy (non-hydrogen) atoms. The molecule has 0 bridgehead atoms. The first kappa shape index (κ1) is 37.6. The number of carbonyl (C=O) groups is 2. The summed E-state index contributed by atoms with van der Waals surface area (Å²) in [5, 5.41) is 24.8. The maximum Gasteiger partial charge on any atom is 0.487 e. The van der Waals surface area contributed by atoms with Gasteiger partial charge in [0.15, 0.2) is 0 Å². The molecule has 3 saturated heterocycles. The van der Waals surface area contributed by atoms with Crippen LogP contribution in [0.4, 0.5) is 0 Å². The summed E-state index contributed by atoms with van der Waals surface area (Å²) < 4.78 is 13.7. The molecule has 284 valence electrons. The van der Waals surface area contributed by atoms with Crippen LogP contribution in [0.15, 0.2) is 126 Å². The SMILES string of the molecule is CC(C)(C)[Si](OCC1=C2B(O)O[C@H](c3ccccc3O)C[C@H]2[C@H]2C(=O)N(C3CCN(Cc4ccccc4)CC3)C(=O)[C@H]2C1)(c1ccccc1)c1ccccc1. The molecule has 8 nitrogen and oxygen atoms in total. The number of hydrogen-bond donors (Lipinski definition) is 2. The quantitative estimate of drug-likeness (QED) is 0.159. The Kier molecular flexibility index (Phi) is 10.5. The zero-order valence-electron chi connectivity index (χ0n) is 32.0. The second-order valence-electron chi connectivity index (χ2n) is 16.8. The van der Waals surface area contributed by atoms with Crippen LogP contribution < -0.4 is 10.4 Å². The van der Waals surface area contributed by atoms with E-state index in [1.807, 2.05) is 24.3 Å². The van der Waals surface area contributed by atoms with Crippen molar-refractivity contribution in [1.82, 2.24) is 9.80 Å². The number of aromatic hydroxyl groups is 1. The minimum absolute atomic E-state index is 0.0763. The van der Waals surface area contributed by atoms with Gasteiger partial charge in [-0.3, -0.25) is 19.4 Å². The van der Waals surface area contributed by atoms with Gasteiger partial charge in [-0.25, -0.2) is 0 Å². The van der Waals surface area contributed by atoms with Gasteiger partial charge in [-0.2, -0.15) is 0 Å². The molecule has 0 saturated carbocycles. The van der Waals surface area contributed by atoms with Crippen molar-refractivity contribution < 1.29 is 28.8 Å².